The highest BCUT2D eigenvalue weighted by Gasteiger charge is 2.33. The first-order valence-electron chi connectivity index (χ1n) is 8.99. The van der Waals surface area contributed by atoms with Crippen molar-refractivity contribution < 1.29 is 38.0 Å². The van der Waals surface area contributed by atoms with E-state index in [-0.39, 0.29) is 36.9 Å². The number of ether oxygens (including phenoxy) is 6. The summed E-state index contributed by atoms with van der Waals surface area (Å²) in [6, 6.07) is 0. The van der Waals surface area contributed by atoms with Crippen molar-refractivity contribution in [1.29, 1.82) is 0 Å². The van der Waals surface area contributed by atoms with E-state index in [9.17, 15) is 9.59 Å². The minimum absolute atomic E-state index is 0.233. The summed E-state index contributed by atoms with van der Waals surface area (Å²) in [4.78, 5) is 21.9. The second kappa shape index (κ2) is 8.43. The summed E-state index contributed by atoms with van der Waals surface area (Å²) in [5.41, 5.74) is -0.802. The van der Waals surface area contributed by atoms with E-state index >= 15 is 0 Å². The van der Waals surface area contributed by atoms with E-state index in [4.69, 9.17) is 28.4 Å². The Bertz CT molecular complexity index is 501. The van der Waals surface area contributed by atoms with Crippen LogP contribution in [0.3, 0.4) is 0 Å². The van der Waals surface area contributed by atoms with E-state index in [2.05, 4.69) is 6.92 Å². The molecule has 0 aromatic carbocycles. The highest BCUT2D eigenvalue weighted by atomic mass is 16.8. The normalized spacial score (nSPS) is 24.7. The lowest BCUT2D eigenvalue weighted by Crippen LogP contribution is -2.35. The minimum atomic E-state index is -0.640. The lowest BCUT2D eigenvalue weighted by Gasteiger charge is -2.32. The molecule has 0 bridgehead atoms. The third-order valence-electron chi connectivity index (χ3n) is 4.28. The molecule has 150 valence electrons. The van der Waals surface area contributed by atoms with Gasteiger partial charge in [-0.05, 0) is 40.0 Å². The zero-order chi connectivity index (χ0) is 19.4. The van der Waals surface area contributed by atoms with Gasteiger partial charge in [0, 0.05) is 13.0 Å². The van der Waals surface area contributed by atoms with Gasteiger partial charge in [-0.2, -0.15) is 0 Å². The third-order valence-corrected chi connectivity index (χ3v) is 4.28. The molecule has 0 N–H and O–H groups in total. The molecular weight excluding hydrogens is 344 g/mol. The quantitative estimate of drug-likeness (QED) is 0.539. The van der Waals surface area contributed by atoms with Crippen LogP contribution in [0.5, 0.6) is 0 Å². The van der Waals surface area contributed by atoms with Crippen molar-refractivity contribution in [3.8, 4) is 0 Å². The van der Waals surface area contributed by atoms with Crippen LogP contribution in [0.2, 0.25) is 0 Å². The van der Waals surface area contributed by atoms with Gasteiger partial charge in [-0.15, -0.1) is 0 Å². The van der Waals surface area contributed by atoms with E-state index in [0.717, 1.165) is 6.42 Å². The molecule has 2 heterocycles. The monoisotopic (exact) mass is 374 g/mol. The summed E-state index contributed by atoms with van der Waals surface area (Å²) in [7, 11) is 0. The molecule has 0 aliphatic carbocycles. The van der Waals surface area contributed by atoms with Crippen molar-refractivity contribution in [3.63, 3.8) is 0 Å². The molecule has 0 aromatic heterocycles. The Balaban J connectivity index is 1.68. The second-order valence-corrected chi connectivity index (χ2v) is 8.26. The maximum Gasteiger partial charge on any atom is 0.508 e. The molecule has 3 atom stereocenters. The van der Waals surface area contributed by atoms with Gasteiger partial charge in [0.25, 0.3) is 0 Å². The van der Waals surface area contributed by atoms with E-state index in [1.807, 2.05) is 27.7 Å². The fraction of sp³-hybridized carbons (Fsp3) is 0.889. The lowest BCUT2D eigenvalue weighted by atomic mass is 9.94. The van der Waals surface area contributed by atoms with Crippen molar-refractivity contribution in [2.45, 2.75) is 70.9 Å². The van der Waals surface area contributed by atoms with Gasteiger partial charge in [0.1, 0.15) is 19.3 Å². The van der Waals surface area contributed by atoms with Crippen LogP contribution >= 0.6 is 0 Å². The smallest absolute Gasteiger partial charge is 0.430 e. The molecule has 2 unspecified atom stereocenters. The fourth-order valence-corrected chi connectivity index (χ4v) is 3.16. The molecule has 26 heavy (non-hydrogen) atoms. The average molecular weight is 374 g/mol. The summed E-state index contributed by atoms with van der Waals surface area (Å²) in [5, 5.41) is 0. The predicted octanol–water partition coefficient (Wildman–Crippen LogP) is 3.06. The van der Waals surface area contributed by atoms with Crippen molar-refractivity contribution in [1.82, 2.24) is 0 Å². The first-order chi connectivity index (χ1) is 12.0. The number of rotatable bonds is 10. The van der Waals surface area contributed by atoms with Gasteiger partial charge in [-0.1, -0.05) is 6.92 Å². The zero-order valence-corrected chi connectivity index (χ0v) is 16.2. The predicted molar refractivity (Wildman–Crippen MR) is 90.9 cm³/mol. The van der Waals surface area contributed by atoms with Gasteiger partial charge in [0.05, 0.1) is 17.8 Å². The SMILES string of the molecule is CC(COC(C)(C)CC1COC(=O)O1)CC(C)(C)OC[C@@H]1COC(=O)O1. The molecule has 2 aliphatic rings. The fourth-order valence-electron chi connectivity index (χ4n) is 3.16. The Morgan fingerprint density at radius 1 is 0.962 bits per heavy atom. The number of hydrogen-bond acceptors (Lipinski definition) is 8. The molecule has 2 fully saturated rings. The van der Waals surface area contributed by atoms with Gasteiger partial charge in [-0.25, -0.2) is 9.59 Å². The Morgan fingerprint density at radius 2 is 1.54 bits per heavy atom. The Morgan fingerprint density at radius 3 is 2.08 bits per heavy atom. The summed E-state index contributed by atoms with van der Waals surface area (Å²) >= 11 is 0. The molecule has 2 saturated heterocycles. The molecule has 2 aliphatic heterocycles. The van der Waals surface area contributed by atoms with Gasteiger partial charge in [0.2, 0.25) is 0 Å². The van der Waals surface area contributed by atoms with Crippen molar-refractivity contribution in [3.05, 3.63) is 0 Å². The zero-order valence-electron chi connectivity index (χ0n) is 16.2. The number of hydrogen-bond donors (Lipinski definition) is 0. The van der Waals surface area contributed by atoms with Crippen molar-refractivity contribution >= 4 is 12.3 Å². The van der Waals surface area contributed by atoms with E-state index in [0.29, 0.717) is 19.6 Å². The Kier molecular flexibility index (Phi) is 6.74. The molecule has 0 radical (unpaired) electrons. The van der Waals surface area contributed by atoms with Crippen LogP contribution in [0.25, 0.3) is 0 Å². The first-order valence-corrected chi connectivity index (χ1v) is 8.99. The van der Waals surface area contributed by atoms with Crippen molar-refractivity contribution in [2.24, 2.45) is 5.92 Å². The Labute approximate surface area is 154 Å². The largest absolute Gasteiger partial charge is 0.508 e. The molecule has 8 heteroatoms. The summed E-state index contributed by atoms with van der Waals surface area (Å²) in [6.45, 7) is 11.4. The van der Waals surface area contributed by atoms with Crippen molar-refractivity contribution in [2.75, 3.05) is 26.4 Å². The highest BCUT2D eigenvalue weighted by molar-refractivity contribution is 5.62. The minimum Gasteiger partial charge on any atom is -0.430 e. The van der Waals surface area contributed by atoms with Crippen LogP contribution in [0.4, 0.5) is 9.59 Å². The summed E-state index contributed by atoms with van der Waals surface area (Å²) < 4.78 is 31.5. The molecule has 0 amide bonds. The molecule has 0 spiro atoms. The topological polar surface area (TPSA) is 89.5 Å². The van der Waals surface area contributed by atoms with E-state index < -0.39 is 17.9 Å². The second-order valence-electron chi connectivity index (χ2n) is 8.26. The summed E-state index contributed by atoms with van der Waals surface area (Å²) in [5.74, 6) is 0.258. The van der Waals surface area contributed by atoms with E-state index in [1.54, 1.807) is 0 Å². The van der Waals surface area contributed by atoms with Crippen LogP contribution in [0.1, 0.15) is 47.5 Å². The maximum absolute atomic E-state index is 11.0. The highest BCUT2D eigenvalue weighted by Crippen LogP contribution is 2.26. The number of carbonyl (C=O) groups is 2. The van der Waals surface area contributed by atoms with Gasteiger partial charge >= 0.3 is 12.3 Å². The van der Waals surface area contributed by atoms with Crippen LogP contribution < -0.4 is 0 Å². The molecule has 8 nitrogen and oxygen atoms in total. The molecule has 0 aromatic rings. The lowest BCUT2D eigenvalue weighted by molar-refractivity contribution is -0.0880. The molecule has 2 rings (SSSR count). The van der Waals surface area contributed by atoms with Gasteiger partial charge in [0.15, 0.2) is 6.10 Å². The average Bonchev–Trinajstić information content (AvgIpc) is 3.11. The van der Waals surface area contributed by atoms with E-state index in [1.165, 1.54) is 0 Å². The number of cyclic esters (lactones) is 4. The van der Waals surface area contributed by atoms with Crippen LogP contribution in [-0.2, 0) is 28.4 Å². The molecule has 0 saturated carbocycles. The van der Waals surface area contributed by atoms with Gasteiger partial charge in [-0.3, -0.25) is 0 Å². The first kappa shape index (κ1) is 20.8. The molecular formula is C18H30O8. The third kappa shape index (κ3) is 6.99. The van der Waals surface area contributed by atoms with Crippen LogP contribution in [0, 0.1) is 5.92 Å². The standard InChI is InChI=1S/C18H30O8/c1-12(6-17(2,3)24-11-14-10-22-16(20)26-14)8-23-18(4,5)7-13-9-21-15(19)25-13/h12-14H,6-11H2,1-5H3/t12?,13?,14-/m0/s1. The summed E-state index contributed by atoms with van der Waals surface area (Å²) in [6.07, 6.45) is -0.493. The van der Waals surface area contributed by atoms with Crippen LogP contribution in [0.15, 0.2) is 0 Å². The number of carbonyl (C=O) groups excluding carboxylic acids is 2. The van der Waals surface area contributed by atoms with Gasteiger partial charge < -0.3 is 28.4 Å². The maximum atomic E-state index is 11.0. The van der Waals surface area contributed by atoms with Crippen LogP contribution in [-0.4, -0.2) is 62.1 Å². The Hall–Kier alpha value is -1.54.